The van der Waals surface area contributed by atoms with Gasteiger partial charge in [0.15, 0.2) is 0 Å². The van der Waals surface area contributed by atoms with E-state index in [9.17, 15) is 8.78 Å². The van der Waals surface area contributed by atoms with Gasteiger partial charge in [0.1, 0.15) is 11.6 Å². The Balaban J connectivity index is 1.56. The maximum Gasteiger partial charge on any atom is 0.129 e. The van der Waals surface area contributed by atoms with Gasteiger partial charge in [0, 0.05) is 24.3 Å². The highest BCUT2D eigenvalue weighted by Gasteiger charge is 2.21. The Labute approximate surface area is 135 Å². The molecule has 124 valence electrons. The van der Waals surface area contributed by atoms with Gasteiger partial charge in [0.2, 0.25) is 0 Å². The number of aromatic amines is 1. The zero-order chi connectivity index (χ0) is 16.2. The fraction of sp³-hybridized carbons (Fsp3) is 0.500. The molecule has 1 aromatic carbocycles. The van der Waals surface area contributed by atoms with Crippen molar-refractivity contribution >= 4 is 0 Å². The SMILES string of the molecule is Cc1[nH]cnc1CN1CCCC(CCc2c(F)cccc2F)C1. The fourth-order valence-corrected chi connectivity index (χ4v) is 3.41. The van der Waals surface area contributed by atoms with Crippen LogP contribution in [0.2, 0.25) is 0 Å². The number of aryl methyl sites for hydroxylation is 1. The molecule has 1 unspecified atom stereocenters. The number of nitrogens with one attached hydrogen (secondary N) is 1. The molecule has 0 aliphatic carbocycles. The number of H-pyrrole nitrogens is 1. The molecule has 2 aromatic rings. The van der Waals surface area contributed by atoms with Crippen LogP contribution in [0.1, 0.15) is 36.2 Å². The van der Waals surface area contributed by atoms with Gasteiger partial charge in [-0.25, -0.2) is 13.8 Å². The second-order valence-corrected chi connectivity index (χ2v) is 6.46. The first-order valence-electron chi connectivity index (χ1n) is 8.27. The fourth-order valence-electron chi connectivity index (χ4n) is 3.41. The molecule has 0 saturated carbocycles. The first-order chi connectivity index (χ1) is 11.1. The summed E-state index contributed by atoms with van der Waals surface area (Å²) >= 11 is 0. The third-order valence-electron chi connectivity index (χ3n) is 4.78. The molecule has 2 heterocycles. The molecule has 5 heteroatoms. The van der Waals surface area contributed by atoms with E-state index >= 15 is 0 Å². The number of benzene rings is 1. The Bertz CT molecular complexity index is 633. The van der Waals surface area contributed by atoms with Gasteiger partial charge in [-0.05, 0) is 57.2 Å². The van der Waals surface area contributed by atoms with E-state index in [0.717, 1.165) is 50.3 Å². The maximum absolute atomic E-state index is 13.7. The van der Waals surface area contributed by atoms with Crippen molar-refractivity contribution < 1.29 is 8.78 Å². The number of aromatic nitrogens is 2. The van der Waals surface area contributed by atoms with Crippen LogP contribution < -0.4 is 0 Å². The topological polar surface area (TPSA) is 31.9 Å². The second kappa shape index (κ2) is 7.21. The zero-order valence-electron chi connectivity index (χ0n) is 13.5. The number of nitrogens with zero attached hydrogens (tertiary/aromatic N) is 2. The van der Waals surface area contributed by atoms with E-state index in [1.807, 2.05) is 6.92 Å². The van der Waals surface area contributed by atoms with Crippen molar-refractivity contribution in [3.63, 3.8) is 0 Å². The molecular formula is C18H23F2N3. The summed E-state index contributed by atoms with van der Waals surface area (Å²) in [7, 11) is 0. The summed E-state index contributed by atoms with van der Waals surface area (Å²) in [4.78, 5) is 9.86. The van der Waals surface area contributed by atoms with Crippen molar-refractivity contribution in [2.75, 3.05) is 13.1 Å². The highest BCUT2D eigenvalue weighted by atomic mass is 19.1. The molecule has 1 atom stereocenters. The van der Waals surface area contributed by atoms with Gasteiger partial charge in [-0.3, -0.25) is 4.90 Å². The molecular weight excluding hydrogens is 296 g/mol. The number of hydrogen-bond donors (Lipinski definition) is 1. The molecule has 1 fully saturated rings. The van der Waals surface area contributed by atoms with E-state index in [1.54, 1.807) is 6.33 Å². The van der Waals surface area contributed by atoms with E-state index < -0.39 is 11.6 Å². The van der Waals surface area contributed by atoms with Crippen molar-refractivity contribution in [1.29, 1.82) is 0 Å². The van der Waals surface area contributed by atoms with Gasteiger partial charge in [-0.15, -0.1) is 0 Å². The number of piperidine rings is 1. The van der Waals surface area contributed by atoms with Crippen LogP contribution in [0.3, 0.4) is 0 Å². The average molecular weight is 319 g/mol. The number of likely N-dealkylation sites (tertiary alicyclic amines) is 1. The monoisotopic (exact) mass is 319 g/mol. The lowest BCUT2D eigenvalue weighted by Crippen LogP contribution is -2.35. The summed E-state index contributed by atoms with van der Waals surface area (Å²) < 4.78 is 27.4. The summed E-state index contributed by atoms with van der Waals surface area (Å²) in [6.45, 7) is 4.92. The molecule has 0 radical (unpaired) electrons. The van der Waals surface area contributed by atoms with Crippen LogP contribution in [0.15, 0.2) is 24.5 Å². The Kier molecular flexibility index (Phi) is 5.06. The third-order valence-corrected chi connectivity index (χ3v) is 4.78. The second-order valence-electron chi connectivity index (χ2n) is 6.46. The van der Waals surface area contributed by atoms with Gasteiger partial charge in [0.05, 0.1) is 12.0 Å². The lowest BCUT2D eigenvalue weighted by atomic mass is 9.91. The van der Waals surface area contributed by atoms with Crippen LogP contribution in [0.4, 0.5) is 8.78 Å². The van der Waals surface area contributed by atoms with Crippen LogP contribution in [0, 0.1) is 24.5 Å². The lowest BCUT2D eigenvalue weighted by Gasteiger charge is -2.32. The van der Waals surface area contributed by atoms with Crippen LogP contribution >= 0.6 is 0 Å². The summed E-state index contributed by atoms with van der Waals surface area (Å²) in [6, 6.07) is 4.10. The Hall–Kier alpha value is -1.75. The molecule has 3 nitrogen and oxygen atoms in total. The van der Waals surface area contributed by atoms with Gasteiger partial charge in [0.25, 0.3) is 0 Å². The van der Waals surface area contributed by atoms with E-state index in [2.05, 4.69) is 14.9 Å². The molecule has 1 saturated heterocycles. The molecule has 1 N–H and O–H groups in total. The van der Waals surface area contributed by atoms with Gasteiger partial charge in [-0.1, -0.05) is 6.07 Å². The molecule has 3 rings (SSSR count). The number of rotatable bonds is 5. The van der Waals surface area contributed by atoms with Crippen molar-refractivity contribution in [3.8, 4) is 0 Å². The summed E-state index contributed by atoms with van der Waals surface area (Å²) in [5.41, 5.74) is 2.43. The van der Waals surface area contributed by atoms with E-state index in [0.29, 0.717) is 12.3 Å². The van der Waals surface area contributed by atoms with Crippen LogP contribution in [-0.2, 0) is 13.0 Å². The number of hydrogen-bond acceptors (Lipinski definition) is 2. The van der Waals surface area contributed by atoms with Crippen molar-refractivity contribution in [2.45, 2.75) is 39.2 Å². The Morgan fingerprint density at radius 2 is 2.09 bits per heavy atom. The largest absolute Gasteiger partial charge is 0.348 e. The first kappa shape index (κ1) is 16.1. The predicted octanol–water partition coefficient (Wildman–Crippen LogP) is 3.84. The van der Waals surface area contributed by atoms with E-state index in [1.165, 1.54) is 18.2 Å². The zero-order valence-corrected chi connectivity index (χ0v) is 13.5. The van der Waals surface area contributed by atoms with Gasteiger partial charge < -0.3 is 4.98 Å². The van der Waals surface area contributed by atoms with Crippen molar-refractivity contribution in [1.82, 2.24) is 14.9 Å². The molecule has 0 amide bonds. The van der Waals surface area contributed by atoms with Crippen LogP contribution in [0.5, 0.6) is 0 Å². The van der Waals surface area contributed by atoms with E-state index in [-0.39, 0.29) is 5.56 Å². The molecule has 1 aliphatic rings. The standard InChI is InChI=1S/C18H23F2N3/c1-13-18(22-12-21-13)11-23-9-3-4-14(10-23)7-8-15-16(19)5-2-6-17(15)20/h2,5-6,12,14H,3-4,7-11H2,1H3,(H,21,22). The van der Waals surface area contributed by atoms with Gasteiger partial charge >= 0.3 is 0 Å². The van der Waals surface area contributed by atoms with Crippen LogP contribution in [0.25, 0.3) is 0 Å². The minimum atomic E-state index is -0.426. The maximum atomic E-state index is 13.7. The summed E-state index contributed by atoms with van der Waals surface area (Å²) in [6.07, 6.45) is 5.29. The highest BCUT2D eigenvalue weighted by molar-refractivity contribution is 5.19. The third kappa shape index (κ3) is 3.96. The number of imidazole rings is 1. The minimum Gasteiger partial charge on any atom is -0.348 e. The van der Waals surface area contributed by atoms with E-state index in [4.69, 9.17) is 0 Å². The molecule has 1 aromatic heterocycles. The quantitative estimate of drug-likeness (QED) is 0.908. The molecule has 23 heavy (non-hydrogen) atoms. The molecule has 0 bridgehead atoms. The van der Waals surface area contributed by atoms with Crippen LogP contribution in [-0.4, -0.2) is 28.0 Å². The molecule has 0 spiro atoms. The summed E-state index contributed by atoms with van der Waals surface area (Å²) in [5, 5.41) is 0. The normalized spacial score (nSPS) is 19.2. The van der Waals surface area contributed by atoms with Crippen molar-refractivity contribution in [2.24, 2.45) is 5.92 Å². The minimum absolute atomic E-state index is 0.229. The summed E-state index contributed by atoms with van der Waals surface area (Å²) in [5.74, 6) is -0.364. The molecule has 1 aliphatic heterocycles. The number of halogens is 2. The highest BCUT2D eigenvalue weighted by Crippen LogP contribution is 2.24. The van der Waals surface area contributed by atoms with Gasteiger partial charge in [-0.2, -0.15) is 0 Å². The Morgan fingerprint density at radius 1 is 1.30 bits per heavy atom. The first-order valence-corrected chi connectivity index (χ1v) is 8.27. The lowest BCUT2D eigenvalue weighted by molar-refractivity contribution is 0.160. The van der Waals surface area contributed by atoms with Crippen molar-refractivity contribution in [3.05, 3.63) is 53.1 Å². The smallest absolute Gasteiger partial charge is 0.129 e. The average Bonchev–Trinajstić information content (AvgIpc) is 2.92. The predicted molar refractivity (Wildman–Crippen MR) is 86.0 cm³/mol. The Morgan fingerprint density at radius 3 is 2.78 bits per heavy atom.